The fourth-order valence-corrected chi connectivity index (χ4v) is 1.48. The van der Waals surface area contributed by atoms with Crippen LogP contribution < -0.4 is 0 Å². The van der Waals surface area contributed by atoms with Crippen LogP contribution in [0.5, 0.6) is 0 Å². The zero-order valence-electron chi connectivity index (χ0n) is 7.42. The van der Waals surface area contributed by atoms with Gasteiger partial charge in [0.25, 0.3) is 0 Å². The van der Waals surface area contributed by atoms with Gasteiger partial charge in [-0.3, -0.25) is 14.6 Å². The minimum atomic E-state index is -1.06. The van der Waals surface area contributed by atoms with Crippen molar-refractivity contribution in [2.75, 3.05) is 0 Å². The van der Waals surface area contributed by atoms with E-state index in [1.165, 1.54) is 20.0 Å². The Morgan fingerprint density at radius 3 is 2.00 bits per heavy atom. The van der Waals surface area contributed by atoms with Gasteiger partial charge in [-0.05, 0) is 26.8 Å². The van der Waals surface area contributed by atoms with Crippen molar-refractivity contribution in [2.24, 2.45) is 10.4 Å². The van der Waals surface area contributed by atoms with Crippen LogP contribution in [0.2, 0.25) is 0 Å². The molecule has 0 aromatic rings. The van der Waals surface area contributed by atoms with Gasteiger partial charge in [-0.2, -0.15) is 0 Å². The monoisotopic (exact) mass is 165 g/mol. The molecule has 1 heterocycles. The third kappa shape index (κ3) is 0.932. The predicted molar refractivity (Wildman–Crippen MR) is 46.0 cm³/mol. The molecule has 0 fully saturated rings. The Bertz CT molecular complexity index is 286. The zero-order valence-corrected chi connectivity index (χ0v) is 7.42. The number of ketones is 2. The lowest BCUT2D eigenvalue weighted by Crippen LogP contribution is -2.39. The summed E-state index contributed by atoms with van der Waals surface area (Å²) in [7, 11) is 0. The first-order chi connectivity index (χ1) is 5.51. The van der Waals surface area contributed by atoms with Crippen molar-refractivity contribution in [3.63, 3.8) is 0 Å². The highest BCUT2D eigenvalue weighted by Gasteiger charge is 2.42. The number of carbonyl (C=O) groups is 2. The maximum absolute atomic E-state index is 11.3. The molecular formula is C9H11NO2. The Hall–Kier alpha value is -1.25. The fraction of sp³-hybridized carbons (Fsp3) is 0.444. The molecule has 12 heavy (non-hydrogen) atoms. The summed E-state index contributed by atoms with van der Waals surface area (Å²) in [6.45, 7) is 4.52. The normalized spacial score (nSPS) is 19.1. The van der Waals surface area contributed by atoms with Crippen molar-refractivity contribution in [3.8, 4) is 0 Å². The smallest absolute Gasteiger partial charge is 0.152 e. The van der Waals surface area contributed by atoms with E-state index in [2.05, 4.69) is 4.99 Å². The predicted octanol–water partition coefficient (Wildman–Crippen LogP) is 1.14. The summed E-state index contributed by atoms with van der Waals surface area (Å²) in [6, 6.07) is 0. The summed E-state index contributed by atoms with van der Waals surface area (Å²) in [6.07, 6.45) is 3.07. The van der Waals surface area contributed by atoms with Crippen LogP contribution in [-0.2, 0) is 9.59 Å². The molecule has 0 aliphatic carbocycles. The van der Waals surface area contributed by atoms with E-state index in [0.717, 1.165) is 0 Å². The second kappa shape index (κ2) is 2.66. The minimum Gasteiger partial charge on any atom is -0.298 e. The van der Waals surface area contributed by atoms with Gasteiger partial charge in [-0.25, -0.2) is 0 Å². The third-order valence-corrected chi connectivity index (χ3v) is 2.27. The lowest BCUT2D eigenvalue weighted by molar-refractivity contribution is -0.131. The van der Waals surface area contributed by atoms with E-state index >= 15 is 0 Å². The van der Waals surface area contributed by atoms with Crippen LogP contribution >= 0.6 is 0 Å². The quantitative estimate of drug-likeness (QED) is 0.576. The van der Waals surface area contributed by atoms with Crippen LogP contribution in [0.1, 0.15) is 20.8 Å². The van der Waals surface area contributed by atoms with Gasteiger partial charge in [0.1, 0.15) is 5.41 Å². The van der Waals surface area contributed by atoms with Gasteiger partial charge in [0.2, 0.25) is 0 Å². The molecule has 64 valence electrons. The molecule has 0 radical (unpaired) electrons. The number of hydrogen-bond donors (Lipinski definition) is 0. The Balaban J connectivity index is 3.22. The SMILES string of the molecule is CC(=O)C1(C(C)=O)C=CN=C1C. The summed E-state index contributed by atoms with van der Waals surface area (Å²) >= 11 is 0. The highest BCUT2D eigenvalue weighted by Crippen LogP contribution is 2.28. The van der Waals surface area contributed by atoms with E-state index in [9.17, 15) is 9.59 Å². The van der Waals surface area contributed by atoms with Crippen molar-refractivity contribution in [1.82, 2.24) is 0 Å². The number of allylic oxidation sites excluding steroid dienone is 1. The molecule has 0 unspecified atom stereocenters. The maximum atomic E-state index is 11.3. The van der Waals surface area contributed by atoms with Gasteiger partial charge < -0.3 is 0 Å². The average molecular weight is 165 g/mol. The highest BCUT2D eigenvalue weighted by molar-refractivity contribution is 6.27. The number of hydrogen-bond acceptors (Lipinski definition) is 3. The standard InChI is InChI=1S/C9H11NO2/c1-6-9(7(2)11,8(3)12)4-5-10-6/h4-5H,1-3H3. The van der Waals surface area contributed by atoms with Crippen LogP contribution in [0.25, 0.3) is 0 Å². The number of aliphatic imine (C=N–C) groups is 1. The van der Waals surface area contributed by atoms with Crippen molar-refractivity contribution < 1.29 is 9.59 Å². The molecule has 3 nitrogen and oxygen atoms in total. The van der Waals surface area contributed by atoms with Gasteiger partial charge in [0.15, 0.2) is 11.6 Å². The molecule has 0 aromatic carbocycles. The van der Waals surface area contributed by atoms with Gasteiger partial charge in [-0.1, -0.05) is 0 Å². The van der Waals surface area contributed by atoms with Crippen molar-refractivity contribution >= 4 is 17.3 Å². The molecule has 0 saturated carbocycles. The Morgan fingerprint density at radius 2 is 1.83 bits per heavy atom. The van der Waals surface area contributed by atoms with Crippen molar-refractivity contribution in [1.29, 1.82) is 0 Å². The number of nitrogens with zero attached hydrogens (tertiary/aromatic N) is 1. The Kier molecular flexibility index (Phi) is 1.96. The highest BCUT2D eigenvalue weighted by atomic mass is 16.2. The van der Waals surface area contributed by atoms with Gasteiger partial charge in [0.05, 0.1) is 0 Å². The van der Waals surface area contributed by atoms with E-state index in [4.69, 9.17) is 0 Å². The van der Waals surface area contributed by atoms with Gasteiger partial charge >= 0.3 is 0 Å². The Morgan fingerprint density at radius 1 is 1.33 bits per heavy atom. The molecule has 0 bridgehead atoms. The van der Waals surface area contributed by atoms with E-state index < -0.39 is 5.41 Å². The van der Waals surface area contributed by atoms with Crippen LogP contribution in [0.3, 0.4) is 0 Å². The van der Waals surface area contributed by atoms with Crippen molar-refractivity contribution in [3.05, 3.63) is 12.3 Å². The molecule has 0 spiro atoms. The Labute approximate surface area is 71.2 Å². The van der Waals surface area contributed by atoms with Crippen LogP contribution in [0.4, 0.5) is 0 Å². The number of carbonyl (C=O) groups excluding carboxylic acids is 2. The summed E-state index contributed by atoms with van der Waals surface area (Å²) in [5.41, 5.74) is -0.484. The van der Waals surface area contributed by atoms with Gasteiger partial charge in [-0.15, -0.1) is 0 Å². The maximum Gasteiger partial charge on any atom is 0.152 e. The first kappa shape index (κ1) is 8.84. The first-order valence-electron chi connectivity index (χ1n) is 3.76. The fourth-order valence-electron chi connectivity index (χ4n) is 1.48. The number of rotatable bonds is 2. The average Bonchev–Trinajstić information content (AvgIpc) is 2.31. The molecule has 0 amide bonds. The molecule has 1 aliphatic heterocycles. The summed E-state index contributed by atoms with van der Waals surface area (Å²) in [5.74, 6) is -0.324. The molecule has 1 rings (SSSR count). The van der Waals surface area contributed by atoms with Crippen LogP contribution in [-0.4, -0.2) is 17.3 Å². The molecule has 1 aliphatic rings. The molecule has 3 heteroatoms. The lowest BCUT2D eigenvalue weighted by Gasteiger charge is -2.20. The topological polar surface area (TPSA) is 46.5 Å². The first-order valence-corrected chi connectivity index (χ1v) is 3.76. The minimum absolute atomic E-state index is 0.162. The van der Waals surface area contributed by atoms with Crippen molar-refractivity contribution in [2.45, 2.75) is 20.8 Å². The van der Waals surface area contributed by atoms with E-state index in [0.29, 0.717) is 5.71 Å². The van der Waals surface area contributed by atoms with E-state index in [-0.39, 0.29) is 11.6 Å². The molecule has 0 saturated heterocycles. The summed E-state index contributed by atoms with van der Waals surface area (Å²) in [5, 5.41) is 0. The third-order valence-electron chi connectivity index (χ3n) is 2.27. The largest absolute Gasteiger partial charge is 0.298 e. The second-order valence-electron chi connectivity index (χ2n) is 2.95. The van der Waals surface area contributed by atoms with E-state index in [1.807, 2.05) is 0 Å². The summed E-state index contributed by atoms with van der Waals surface area (Å²) < 4.78 is 0. The zero-order chi connectivity index (χ0) is 9.35. The molecular weight excluding hydrogens is 154 g/mol. The van der Waals surface area contributed by atoms with Crippen LogP contribution in [0.15, 0.2) is 17.3 Å². The molecule has 0 aromatic heterocycles. The molecule has 0 atom stereocenters. The lowest BCUT2D eigenvalue weighted by atomic mass is 9.77. The summed E-state index contributed by atoms with van der Waals surface area (Å²) in [4.78, 5) is 26.5. The number of Topliss-reactive ketones (excluding diaryl/α,β-unsaturated/α-hetero) is 2. The second-order valence-corrected chi connectivity index (χ2v) is 2.95. The van der Waals surface area contributed by atoms with Crippen LogP contribution in [0, 0.1) is 5.41 Å². The molecule has 0 N–H and O–H groups in total. The van der Waals surface area contributed by atoms with E-state index in [1.54, 1.807) is 13.0 Å². The van der Waals surface area contributed by atoms with Gasteiger partial charge in [0, 0.05) is 11.9 Å².